The summed E-state index contributed by atoms with van der Waals surface area (Å²) in [6, 6.07) is 60.5. The minimum atomic E-state index is -5.06. The summed E-state index contributed by atoms with van der Waals surface area (Å²) in [6.07, 6.45) is -10.0. The Bertz CT molecular complexity index is 3570. The van der Waals surface area contributed by atoms with Crippen LogP contribution < -0.4 is 0 Å². The van der Waals surface area contributed by atoms with Crippen LogP contribution in [0.3, 0.4) is 0 Å². The maximum atomic E-state index is 14.6. The molecule has 0 bridgehead atoms. The van der Waals surface area contributed by atoms with Gasteiger partial charge >= 0.3 is 12.4 Å². The number of rotatable bonds is 8. The predicted octanol–water partition coefficient (Wildman–Crippen LogP) is 15.5. The molecule has 0 N–H and O–H groups in total. The van der Waals surface area contributed by atoms with Gasteiger partial charge in [0.1, 0.15) is 0 Å². The van der Waals surface area contributed by atoms with Crippen LogP contribution in [0.25, 0.3) is 107 Å². The Kier molecular flexibility index (Phi) is 10.6. The van der Waals surface area contributed by atoms with Gasteiger partial charge in [-0.25, -0.2) is 24.9 Å². The third-order valence-corrected chi connectivity index (χ3v) is 11.9. The van der Waals surface area contributed by atoms with Gasteiger partial charge in [0.15, 0.2) is 23.3 Å². The third kappa shape index (κ3) is 8.26. The van der Waals surface area contributed by atoms with E-state index in [1.165, 1.54) is 6.07 Å². The van der Waals surface area contributed by atoms with Crippen molar-refractivity contribution in [3.63, 3.8) is 0 Å². The molecule has 334 valence electrons. The van der Waals surface area contributed by atoms with E-state index in [1.807, 2.05) is 174 Å². The summed E-state index contributed by atoms with van der Waals surface area (Å²) in [7, 11) is 0. The molecule has 11 rings (SSSR count). The largest absolute Gasteiger partial charge is 0.417 e. The van der Waals surface area contributed by atoms with Crippen LogP contribution in [0.1, 0.15) is 11.1 Å². The summed E-state index contributed by atoms with van der Waals surface area (Å²) in [5.74, 6) is 1.83. The van der Waals surface area contributed by atoms with E-state index in [9.17, 15) is 26.3 Å². The molecule has 8 aromatic carbocycles. The first-order chi connectivity index (χ1) is 33.5. The van der Waals surface area contributed by atoms with Gasteiger partial charge in [0.05, 0.1) is 39.2 Å². The highest BCUT2D eigenvalue weighted by Gasteiger charge is 2.38. The minimum Gasteiger partial charge on any atom is -0.309 e. The zero-order chi connectivity index (χ0) is 47.3. The molecule has 0 amide bonds. The Morgan fingerprint density at radius 3 is 1.39 bits per heavy atom. The normalized spacial score (nSPS) is 11.9. The summed E-state index contributed by atoms with van der Waals surface area (Å²) >= 11 is 0. The summed E-state index contributed by atoms with van der Waals surface area (Å²) in [5, 5.41) is 1.29. The van der Waals surface area contributed by atoms with E-state index in [-0.39, 0.29) is 17.2 Å². The van der Waals surface area contributed by atoms with Gasteiger partial charge in [0.25, 0.3) is 0 Å². The Labute approximate surface area is 390 Å². The number of hydrogen-bond acceptors (Lipinski definition) is 5. The summed E-state index contributed by atoms with van der Waals surface area (Å²) in [6.45, 7) is 0. The average Bonchev–Trinajstić information content (AvgIpc) is 3.72. The molecule has 6 nitrogen and oxygen atoms in total. The molecule has 0 radical (unpaired) electrons. The van der Waals surface area contributed by atoms with Crippen molar-refractivity contribution in [2.75, 3.05) is 0 Å². The van der Waals surface area contributed by atoms with Crippen LogP contribution in [0.5, 0.6) is 0 Å². The van der Waals surface area contributed by atoms with Crippen molar-refractivity contribution >= 4 is 21.8 Å². The van der Waals surface area contributed by atoms with E-state index in [4.69, 9.17) is 24.9 Å². The van der Waals surface area contributed by atoms with Gasteiger partial charge in [0.2, 0.25) is 0 Å². The fourth-order valence-corrected chi connectivity index (χ4v) is 8.68. The number of para-hydroxylation sites is 1. The number of fused-ring (bicyclic) bond motifs is 3. The van der Waals surface area contributed by atoms with Crippen LogP contribution in [-0.2, 0) is 12.4 Å². The Balaban J connectivity index is 1.18. The second kappa shape index (κ2) is 17.1. The smallest absolute Gasteiger partial charge is 0.309 e. The zero-order valence-corrected chi connectivity index (χ0v) is 36.1. The first kappa shape index (κ1) is 42.8. The lowest BCUT2D eigenvalue weighted by Gasteiger charge is -2.18. The molecule has 3 heterocycles. The predicted molar refractivity (Wildman–Crippen MR) is 258 cm³/mol. The van der Waals surface area contributed by atoms with Crippen LogP contribution in [0.2, 0.25) is 0 Å². The van der Waals surface area contributed by atoms with Crippen molar-refractivity contribution < 1.29 is 26.3 Å². The molecule has 11 aromatic rings. The van der Waals surface area contributed by atoms with Crippen molar-refractivity contribution in [3.8, 4) is 84.9 Å². The molecule has 0 aliphatic carbocycles. The van der Waals surface area contributed by atoms with Crippen molar-refractivity contribution in [1.29, 1.82) is 0 Å². The summed E-state index contributed by atoms with van der Waals surface area (Å²) in [5.41, 5.74) is 4.77. The number of aromatic nitrogens is 6. The fraction of sp³-hybridized carbons (Fsp3) is 0.0351. The van der Waals surface area contributed by atoms with E-state index in [1.54, 1.807) is 12.1 Å². The topological polar surface area (TPSA) is 69.4 Å². The Morgan fingerprint density at radius 1 is 0.319 bits per heavy atom. The standard InChI is InChI=1S/C57H34F6N6/c58-56(59,60)41-27-28-42(46(33-41)57(61,62)63)39-25-29-50-44(31-39)43-23-13-14-24-49(43)69(50)51-30-26-40(55-67-53(37-19-9-3-10-20-37)66-54(68-55)38-21-11-4-12-22-38)32-45(51)48-34-47(35-15-5-1-6-16-35)64-52(65-48)36-17-7-2-8-18-36/h1-34H. The van der Waals surface area contributed by atoms with E-state index < -0.39 is 23.5 Å². The number of alkyl halides is 6. The lowest BCUT2D eigenvalue weighted by atomic mass is 9.95. The number of nitrogens with zero attached hydrogens (tertiary/aromatic N) is 6. The number of halogens is 6. The van der Waals surface area contributed by atoms with Crippen molar-refractivity contribution in [2.45, 2.75) is 12.4 Å². The molecule has 0 aliphatic heterocycles. The van der Waals surface area contributed by atoms with Crippen molar-refractivity contribution in [2.24, 2.45) is 0 Å². The molecule has 0 saturated heterocycles. The molecule has 0 saturated carbocycles. The van der Waals surface area contributed by atoms with Crippen LogP contribution in [-0.4, -0.2) is 29.5 Å². The van der Waals surface area contributed by atoms with E-state index in [0.29, 0.717) is 73.9 Å². The first-order valence-corrected chi connectivity index (χ1v) is 21.8. The van der Waals surface area contributed by atoms with Crippen molar-refractivity contribution in [3.05, 3.63) is 217 Å². The maximum absolute atomic E-state index is 14.6. The van der Waals surface area contributed by atoms with Gasteiger partial charge < -0.3 is 4.57 Å². The highest BCUT2D eigenvalue weighted by Crippen LogP contribution is 2.44. The van der Waals surface area contributed by atoms with Gasteiger partial charge in [-0.3, -0.25) is 0 Å². The van der Waals surface area contributed by atoms with E-state index in [2.05, 4.69) is 0 Å². The zero-order valence-electron chi connectivity index (χ0n) is 36.1. The van der Waals surface area contributed by atoms with Gasteiger partial charge in [-0.2, -0.15) is 26.3 Å². The quantitative estimate of drug-likeness (QED) is 0.142. The average molecular weight is 917 g/mol. The maximum Gasteiger partial charge on any atom is 0.417 e. The van der Waals surface area contributed by atoms with Gasteiger partial charge in [0, 0.05) is 44.2 Å². The molecule has 12 heteroatoms. The van der Waals surface area contributed by atoms with Gasteiger partial charge in [-0.1, -0.05) is 152 Å². The molecular formula is C57H34F6N6. The van der Waals surface area contributed by atoms with Crippen LogP contribution in [0.15, 0.2) is 206 Å². The van der Waals surface area contributed by atoms with Crippen LogP contribution in [0, 0.1) is 0 Å². The van der Waals surface area contributed by atoms with E-state index >= 15 is 0 Å². The molecule has 0 fully saturated rings. The molecular weight excluding hydrogens is 883 g/mol. The lowest BCUT2D eigenvalue weighted by Crippen LogP contribution is -2.12. The minimum absolute atomic E-state index is 0.108. The highest BCUT2D eigenvalue weighted by molar-refractivity contribution is 6.11. The monoisotopic (exact) mass is 916 g/mol. The molecule has 0 unspecified atom stereocenters. The van der Waals surface area contributed by atoms with Crippen LogP contribution in [0.4, 0.5) is 26.3 Å². The second-order valence-electron chi connectivity index (χ2n) is 16.3. The molecule has 69 heavy (non-hydrogen) atoms. The number of benzene rings is 8. The number of hydrogen-bond donors (Lipinski definition) is 0. The Morgan fingerprint density at radius 2 is 0.812 bits per heavy atom. The Hall–Kier alpha value is -8.77. The lowest BCUT2D eigenvalue weighted by molar-refractivity contribution is -0.142. The SMILES string of the molecule is FC(F)(F)c1ccc(-c2ccc3c(c2)c2ccccc2n3-c2ccc(-c3nc(-c4ccccc4)nc(-c4ccccc4)n3)cc2-c2cc(-c3ccccc3)nc(-c3ccccc3)n2)c(C(F)(F)F)c1. The molecule has 0 aliphatic rings. The molecule has 3 aromatic heterocycles. The highest BCUT2D eigenvalue weighted by atomic mass is 19.4. The first-order valence-electron chi connectivity index (χ1n) is 21.8. The van der Waals surface area contributed by atoms with Gasteiger partial charge in [-0.05, 0) is 65.7 Å². The summed E-state index contributed by atoms with van der Waals surface area (Å²) < 4.78 is 86.8. The molecule has 0 spiro atoms. The van der Waals surface area contributed by atoms with Crippen LogP contribution >= 0.6 is 0 Å². The second-order valence-corrected chi connectivity index (χ2v) is 16.3. The third-order valence-electron chi connectivity index (χ3n) is 11.9. The molecule has 0 atom stereocenters. The van der Waals surface area contributed by atoms with Gasteiger partial charge in [-0.15, -0.1) is 0 Å². The van der Waals surface area contributed by atoms with Crippen molar-refractivity contribution in [1.82, 2.24) is 29.5 Å². The summed E-state index contributed by atoms with van der Waals surface area (Å²) in [4.78, 5) is 25.3. The van der Waals surface area contributed by atoms with E-state index in [0.717, 1.165) is 33.8 Å². The fourth-order valence-electron chi connectivity index (χ4n) is 8.68.